The van der Waals surface area contributed by atoms with E-state index < -0.39 is 0 Å². The summed E-state index contributed by atoms with van der Waals surface area (Å²) in [5.41, 5.74) is 1.77. The van der Waals surface area contributed by atoms with E-state index in [1.165, 1.54) is 0 Å². The van der Waals surface area contributed by atoms with Crippen LogP contribution < -0.4 is 5.32 Å². The monoisotopic (exact) mass is 410 g/mol. The molecule has 1 N–H and O–H groups in total. The second-order valence-electron chi connectivity index (χ2n) is 6.52. The third kappa shape index (κ3) is 5.89. The van der Waals surface area contributed by atoms with Gasteiger partial charge in [-0.2, -0.15) is 0 Å². The average Bonchev–Trinajstić information content (AvgIpc) is 3.10. The van der Waals surface area contributed by atoms with E-state index in [4.69, 9.17) is 14.2 Å². The van der Waals surface area contributed by atoms with Gasteiger partial charge in [0.15, 0.2) is 4.34 Å². The van der Waals surface area contributed by atoms with Crippen molar-refractivity contribution in [3.8, 4) is 0 Å². The number of fused-ring (bicyclic) bond motifs is 1. The Morgan fingerprint density at radius 3 is 2.81 bits per heavy atom. The normalized spacial score (nSPS) is 20.1. The van der Waals surface area contributed by atoms with Gasteiger partial charge < -0.3 is 19.5 Å². The molecule has 27 heavy (non-hydrogen) atoms. The maximum absolute atomic E-state index is 12.5. The van der Waals surface area contributed by atoms with Gasteiger partial charge in [-0.1, -0.05) is 11.8 Å². The zero-order valence-corrected chi connectivity index (χ0v) is 17.4. The summed E-state index contributed by atoms with van der Waals surface area (Å²) in [5.74, 6) is 0.732. The Bertz CT molecular complexity index is 744. The van der Waals surface area contributed by atoms with Crippen molar-refractivity contribution < 1.29 is 19.0 Å². The lowest BCUT2D eigenvalue weighted by Gasteiger charge is -2.26. The van der Waals surface area contributed by atoms with Gasteiger partial charge >= 0.3 is 0 Å². The average molecular weight is 411 g/mol. The molecule has 1 aromatic carbocycles. The molecule has 0 bridgehead atoms. The number of carbonyl (C=O) groups excluding carboxylic acids is 1. The molecule has 0 atom stereocenters. The van der Waals surface area contributed by atoms with E-state index in [9.17, 15) is 4.79 Å². The van der Waals surface area contributed by atoms with Gasteiger partial charge in [-0.25, -0.2) is 4.98 Å². The topological polar surface area (TPSA) is 69.7 Å². The van der Waals surface area contributed by atoms with Crippen LogP contribution in [0.25, 0.3) is 10.2 Å². The van der Waals surface area contributed by atoms with E-state index in [-0.39, 0.29) is 11.8 Å². The second-order valence-corrected chi connectivity index (χ2v) is 8.72. The summed E-state index contributed by atoms with van der Waals surface area (Å²) in [6.45, 7) is 1.17. The lowest BCUT2D eigenvalue weighted by molar-refractivity contribution is -0.121. The SMILES string of the molecule is COCCOCSc1nc2ccc(NC(=O)C3CCC(OC)CC3)cc2s1. The highest BCUT2D eigenvalue weighted by Gasteiger charge is 2.26. The summed E-state index contributed by atoms with van der Waals surface area (Å²) in [6.07, 6.45) is 3.98. The highest BCUT2D eigenvalue weighted by atomic mass is 32.2. The molecule has 1 amide bonds. The minimum absolute atomic E-state index is 0.0731. The van der Waals surface area contributed by atoms with Gasteiger partial charge in [0.1, 0.15) is 0 Å². The molecule has 0 spiro atoms. The number of nitrogens with zero attached hydrogens (tertiary/aromatic N) is 1. The first kappa shape index (κ1) is 20.5. The highest BCUT2D eigenvalue weighted by Crippen LogP contribution is 2.32. The number of thioether (sulfide) groups is 1. The molecule has 1 aliphatic rings. The standard InChI is InChI=1S/C19H26N2O4S2/c1-23-9-10-25-12-26-19-21-16-8-5-14(11-17(16)27-19)20-18(22)13-3-6-15(24-2)7-4-13/h5,8,11,13,15H,3-4,6-7,9-10,12H2,1-2H3,(H,20,22). The molecule has 1 aliphatic carbocycles. The number of carbonyl (C=O) groups is 1. The summed E-state index contributed by atoms with van der Waals surface area (Å²) >= 11 is 3.19. The van der Waals surface area contributed by atoms with Crippen LogP contribution in [-0.2, 0) is 19.0 Å². The number of hydrogen-bond acceptors (Lipinski definition) is 7. The number of thiazole rings is 1. The molecule has 1 fully saturated rings. The Morgan fingerprint density at radius 1 is 1.26 bits per heavy atom. The molecular weight excluding hydrogens is 384 g/mol. The number of rotatable bonds is 9. The maximum Gasteiger partial charge on any atom is 0.227 e. The molecule has 8 heteroatoms. The fraction of sp³-hybridized carbons (Fsp3) is 0.579. The van der Waals surface area contributed by atoms with Crippen LogP contribution in [0.5, 0.6) is 0 Å². The van der Waals surface area contributed by atoms with Gasteiger partial charge in [-0.3, -0.25) is 4.79 Å². The molecule has 6 nitrogen and oxygen atoms in total. The van der Waals surface area contributed by atoms with Crippen LogP contribution >= 0.6 is 23.1 Å². The molecule has 0 radical (unpaired) electrons. The van der Waals surface area contributed by atoms with Crippen molar-refractivity contribution >= 4 is 44.9 Å². The summed E-state index contributed by atoms with van der Waals surface area (Å²) < 4.78 is 17.8. The van der Waals surface area contributed by atoms with Crippen LogP contribution in [0, 0.1) is 5.92 Å². The smallest absolute Gasteiger partial charge is 0.227 e. The van der Waals surface area contributed by atoms with Crippen molar-refractivity contribution in [3.05, 3.63) is 18.2 Å². The largest absolute Gasteiger partial charge is 0.382 e. The van der Waals surface area contributed by atoms with E-state index >= 15 is 0 Å². The fourth-order valence-corrected chi connectivity index (χ4v) is 4.99. The summed E-state index contributed by atoms with van der Waals surface area (Å²) in [4.78, 5) is 17.1. The highest BCUT2D eigenvalue weighted by molar-refractivity contribution is 8.01. The molecule has 148 valence electrons. The number of anilines is 1. The number of nitrogens with one attached hydrogen (secondary N) is 1. The van der Waals surface area contributed by atoms with Crippen LogP contribution in [0.15, 0.2) is 22.5 Å². The fourth-order valence-electron chi connectivity index (χ4n) is 3.14. The number of ether oxygens (including phenoxy) is 3. The molecule has 1 aromatic heterocycles. The van der Waals surface area contributed by atoms with Gasteiger partial charge in [0.05, 0.1) is 35.5 Å². The summed E-state index contributed by atoms with van der Waals surface area (Å²) in [6, 6.07) is 5.88. The Hall–Kier alpha value is -1.19. The molecule has 0 saturated heterocycles. The Kier molecular flexibility index (Phi) is 7.90. The predicted molar refractivity (Wildman–Crippen MR) is 110 cm³/mol. The van der Waals surface area contributed by atoms with Gasteiger partial charge in [0.2, 0.25) is 5.91 Å². The summed E-state index contributed by atoms with van der Waals surface area (Å²) in [7, 11) is 3.40. The number of hydrogen-bond donors (Lipinski definition) is 1. The third-order valence-electron chi connectivity index (χ3n) is 4.71. The van der Waals surface area contributed by atoms with Crippen LogP contribution in [0.4, 0.5) is 5.69 Å². The lowest BCUT2D eigenvalue weighted by Crippen LogP contribution is -2.29. The van der Waals surface area contributed by atoms with E-state index in [1.54, 1.807) is 37.3 Å². The summed E-state index contributed by atoms with van der Waals surface area (Å²) in [5, 5.41) is 3.07. The van der Waals surface area contributed by atoms with Gasteiger partial charge in [-0.05, 0) is 43.9 Å². The number of benzene rings is 1. The zero-order valence-electron chi connectivity index (χ0n) is 15.7. The first-order valence-electron chi connectivity index (χ1n) is 9.13. The van der Waals surface area contributed by atoms with Crippen molar-refractivity contribution in [3.63, 3.8) is 0 Å². The maximum atomic E-state index is 12.5. The lowest BCUT2D eigenvalue weighted by atomic mass is 9.87. The molecular formula is C19H26N2O4S2. The number of methoxy groups -OCH3 is 2. The Labute approximate surface area is 168 Å². The van der Waals surface area contributed by atoms with E-state index in [0.29, 0.717) is 25.3 Å². The molecule has 0 aliphatic heterocycles. The minimum Gasteiger partial charge on any atom is -0.382 e. The minimum atomic E-state index is 0.0731. The van der Waals surface area contributed by atoms with Crippen molar-refractivity contribution in [1.82, 2.24) is 4.98 Å². The molecule has 3 rings (SSSR count). The molecule has 1 saturated carbocycles. The first-order valence-corrected chi connectivity index (χ1v) is 10.9. The molecule has 2 aromatic rings. The van der Waals surface area contributed by atoms with Crippen molar-refractivity contribution in [2.24, 2.45) is 5.92 Å². The molecule has 1 heterocycles. The quantitative estimate of drug-likeness (QED) is 0.380. The van der Waals surface area contributed by atoms with E-state index in [0.717, 1.165) is 45.9 Å². The van der Waals surface area contributed by atoms with Crippen LogP contribution in [0.2, 0.25) is 0 Å². The first-order chi connectivity index (χ1) is 13.2. The zero-order chi connectivity index (χ0) is 19.1. The van der Waals surface area contributed by atoms with E-state index in [2.05, 4.69) is 10.3 Å². The van der Waals surface area contributed by atoms with Crippen LogP contribution in [0.1, 0.15) is 25.7 Å². The van der Waals surface area contributed by atoms with Crippen molar-refractivity contribution in [2.75, 3.05) is 38.7 Å². The van der Waals surface area contributed by atoms with Gasteiger partial charge in [-0.15, -0.1) is 11.3 Å². The number of amides is 1. The molecule has 0 unspecified atom stereocenters. The van der Waals surface area contributed by atoms with Crippen LogP contribution in [0.3, 0.4) is 0 Å². The van der Waals surface area contributed by atoms with Crippen molar-refractivity contribution in [2.45, 2.75) is 36.1 Å². The third-order valence-corrected chi connectivity index (χ3v) is 6.75. The van der Waals surface area contributed by atoms with Crippen LogP contribution in [-0.4, -0.2) is 50.4 Å². The predicted octanol–water partition coefficient (Wildman–Crippen LogP) is 4.15. The Morgan fingerprint density at radius 2 is 2.07 bits per heavy atom. The van der Waals surface area contributed by atoms with Crippen molar-refractivity contribution in [1.29, 1.82) is 0 Å². The second kappa shape index (κ2) is 10.4. The number of aromatic nitrogens is 1. The Balaban J connectivity index is 1.54. The van der Waals surface area contributed by atoms with E-state index in [1.807, 2.05) is 18.2 Å². The van der Waals surface area contributed by atoms with Gasteiger partial charge in [0.25, 0.3) is 0 Å². The van der Waals surface area contributed by atoms with Gasteiger partial charge in [0, 0.05) is 25.8 Å².